The third kappa shape index (κ3) is 4.46. The smallest absolute Gasteiger partial charge is 0.122 e. The highest BCUT2D eigenvalue weighted by Crippen LogP contribution is 2.43. The Kier molecular flexibility index (Phi) is 6.79. The minimum atomic E-state index is -0.454. The van der Waals surface area contributed by atoms with Gasteiger partial charge in [-0.15, -0.1) is 0 Å². The molecule has 4 nitrogen and oxygen atoms in total. The molecule has 2 atom stereocenters. The Bertz CT molecular complexity index is 1210. The molecule has 1 saturated heterocycles. The zero-order valence-corrected chi connectivity index (χ0v) is 21.0. The van der Waals surface area contributed by atoms with Crippen LogP contribution >= 0.6 is 0 Å². The van der Waals surface area contributed by atoms with Crippen LogP contribution in [0.1, 0.15) is 40.3 Å². The number of aliphatic hydroxyl groups is 1. The molecular formula is C33H33NO3. The summed E-state index contributed by atoms with van der Waals surface area (Å²) in [6.07, 6.45) is 1.15. The summed E-state index contributed by atoms with van der Waals surface area (Å²) in [5.41, 5.74) is 5.40. The Morgan fingerprint density at radius 3 is 1.97 bits per heavy atom. The molecule has 1 aliphatic carbocycles. The van der Waals surface area contributed by atoms with Gasteiger partial charge in [0.1, 0.15) is 18.5 Å². The Morgan fingerprint density at radius 1 is 0.784 bits per heavy atom. The van der Waals surface area contributed by atoms with Crippen molar-refractivity contribution >= 4 is 0 Å². The highest BCUT2D eigenvalue weighted by molar-refractivity contribution is 5.50. The molecule has 0 bridgehead atoms. The van der Waals surface area contributed by atoms with E-state index in [9.17, 15) is 5.11 Å². The number of rotatable bonds is 7. The summed E-state index contributed by atoms with van der Waals surface area (Å²) in [6.45, 7) is 2.64. The van der Waals surface area contributed by atoms with E-state index in [0.29, 0.717) is 13.2 Å². The van der Waals surface area contributed by atoms with Gasteiger partial charge in [-0.25, -0.2) is 0 Å². The first-order chi connectivity index (χ1) is 18.3. The fourth-order valence-corrected chi connectivity index (χ4v) is 6.13. The van der Waals surface area contributed by atoms with E-state index >= 15 is 0 Å². The predicted molar refractivity (Wildman–Crippen MR) is 146 cm³/mol. The Hall–Kier alpha value is -3.44. The average molecular weight is 492 g/mol. The minimum Gasteiger partial charge on any atom is -0.491 e. The maximum absolute atomic E-state index is 10.3. The van der Waals surface area contributed by atoms with Crippen molar-refractivity contribution in [1.29, 1.82) is 0 Å². The van der Waals surface area contributed by atoms with Gasteiger partial charge in [0, 0.05) is 18.7 Å². The molecule has 4 aromatic carbocycles. The number of morpholine rings is 1. The highest BCUT2D eigenvalue weighted by Gasteiger charge is 2.44. The number of nitrogens with zero attached hydrogens (tertiary/aromatic N) is 1. The fourth-order valence-electron chi connectivity index (χ4n) is 6.13. The monoisotopic (exact) mass is 491 g/mol. The lowest BCUT2D eigenvalue weighted by molar-refractivity contribution is -0.0696. The van der Waals surface area contributed by atoms with Crippen molar-refractivity contribution in [1.82, 2.24) is 4.90 Å². The predicted octanol–water partition coefficient (Wildman–Crippen LogP) is 5.74. The summed E-state index contributed by atoms with van der Waals surface area (Å²) in [4.78, 5) is 2.56. The van der Waals surface area contributed by atoms with Crippen LogP contribution in [-0.2, 0) is 16.7 Å². The van der Waals surface area contributed by atoms with E-state index in [1.807, 2.05) is 18.2 Å². The Labute approximate surface area is 219 Å². The van der Waals surface area contributed by atoms with Crippen molar-refractivity contribution in [3.63, 3.8) is 0 Å². The summed E-state index contributed by atoms with van der Waals surface area (Å²) in [5.74, 6) is 0.871. The third-order valence-corrected chi connectivity index (χ3v) is 7.81. The minimum absolute atomic E-state index is 0.0774. The lowest BCUT2D eigenvalue weighted by atomic mass is 9.75. The molecule has 0 spiro atoms. The van der Waals surface area contributed by atoms with Gasteiger partial charge in [-0.3, -0.25) is 4.90 Å². The largest absolute Gasteiger partial charge is 0.491 e. The molecule has 6 rings (SSSR count). The van der Waals surface area contributed by atoms with Gasteiger partial charge in [0.05, 0.1) is 18.2 Å². The van der Waals surface area contributed by atoms with Crippen LogP contribution in [0.25, 0.3) is 0 Å². The number of aliphatic hydroxyl groups excluding tert-OH is 1. The quantitative estimate of drug-likeness (QED) is 0.335. The molecule has 0 radical (unpaired) electrons. The van der Waals surface area contributed by atoms with Gasteiger partial charge in [-0.1, -0.05) is 103 Å². The molecule has 4 heteroatoms. The van der Waals surface area contributed by atoms with Crippen LogP contribution in [0.2, 0.25) is 0 Å². The van der Waals surface area contributed by atoms with Gasteiger partial charge >= 0.3 is 0 Å². The van der Waals surface area contributed by atoms with E-state index in [0.717, 1.165) is 42.8 Å². The average Bonchev–Trinajstić information content (AvgIpc) is 3.36. The number of hydrogen-bond acceptors (Lipinski definition) is 4. The molecule has 188 valence electrons. The second-order valence-electron chi connectivity index (χ2n) is 9.94. The SMILES string of the molecule is OC1CCc2c(OCC3CN(C(c4ccccc4)(c4ccccc4)c4ccccc4)CCO3)cccc21. The fraction of sp³-hybridized carbons (Fsp3) is 0.273. The normalized spacial score (nSPS) is 19.9. The van der Waals surface area contributed by atoms with Gasteiger partial charge in [0.2, 0.25) is 0 Å². The van der Waals surface area contributed by atoms with E-state index in [4.69, 9.17) is 9.47 Å². The molecule has 2 aliphatic rings. The maximum Gasteiger partial charge on any atom is 0.122 e. The molecule has 4 aromatic rings. The van der Waals surface area contributed by atoms with Gasteiger partial charge in [-0.2, -0.15) is 0 Å². The second kappa shape index (κ2) is 10.5. The van der Waals surface area contributed by atoms with E-state index in [1.54, 1.807) is 0 Å². The lowest BCUT2D eigenvalue weighted by Gasteiger charge is -2.48. The van der Waals surface area contributed by atoms with Crippen molar-refractivity contribution in [3.05, 3.63) is 137 Å². The lowest BCUT2D eigenvalue weighted by Crippen LogP contribution is -2.56. The van der Waals surface area contributed by atoms with E-state index < -0.39 is 5.54 Å². The summed E-state index contributed by atoms with van der Waals surface area (Å²) < 4.78 is 12.6. The summed E-state index contributed by atoms with van der Waals surface area (Å²) in [5, 5.41) is 10.3. The van der Waals surface area contributed by atoms with E-state index in [1.165, 1.54) is 16.7 Å². The van der Waals surface area contributed by atoms with E-state index in [2.05, 4.69) is 95.9 Å². The molecule has 1 heterocycles. The number of fused-ring (bicyclic) bond motifs is 1. The topological polar surface area (TPSA) is 41.9 Å². The Morgan fingerprint density at radius 2 is 1.38 bits per heavy atom. The third-order valence-electron chi connectivity index (χ3n) is 7.81. The van der Waals surface area contributed by atoms with Crippen molar-refractivity contribution in [2.75, 3.05) is 26.3 Å². The molecule has 1 fully saturated rings. The van der Waals surface area contributed by atoms with E-state index in [-0.39, 0.29) is 12.2 Å². The molecular weight excluding hydrogens is 458 g/mol. The van der Waals surface area contributed by atoms with Gasteiger partial charge in [-0.05, 0) is 41.2 Å². The molecule has 1 N–H and O–H groups in total. The first-order valence-electron chi connectivity index (χ1n) is 13.2. The Balaban J connectivity index is 1.35. The van der Waals surface area contributed by atoms with Crippen molar-refractivity contribution in [2.24, 2.45) is 0 Å². The number of ether oxygens (including phenoxy) is 2. The van der Waals surface area contributed by atoms with Crippen LogP contribution in [0.4, 0.5) is 0 Å². The molecule has 2 unspecified atom stereocenters. The van der Waals surface area contributed by atoms with Gasteiger partial charge in [0.25, 0.3) is 0 Å². The maximum atomic E-state index is 10.3. The zero-order valence-electron chi connectivity index (χ0n) is 21.0. The molecule has 37 heavy (non-hydrogen) atoms. The highest BCUT2D eigenvalue weighted by atomic mass is 16.5. The number of hydrogen-bond donors (Lipinski definition) is 1. The molecule has 1 aliphatic heterocycles. The molecule has 0 aromatic heterocycles. The van der Waals surface area contributed by atoms with Crippen LogP contribution in [0.15, 0.2) is 109 Å². The van der Waals surface area contributed by atoms with Crippen molar-refractivity contribution in [3.8, 4) is 5.75 Å². The first kappa shape index (κ1) is 23.9. The van der Waals surface area contributed by atoms with Crippen molar-refractivity contribution < 1.29 is 14.6 Å². The van der Waals surface area contributed by atoms with Gasteiger partial charge in [0.15, 0.2) is 0 Å². The van der Waals surface area contributed by atoms with Crippen LogP contribution in [-0.4, -0.2) is 42.4 Å². The van der Waals surface area contributed by atoms with Crippen LogP contribution in [0.3, 0.4) is 0 Å². The first-order valence-corrected chi connectivity index (χ1v) is 13.2. The summed E-state index contributed by atoms with van der Waals surface area (Å²) in [7, 11) is 0. The second-order valence-corrected chi connectivity index (χ2v) is 9.94. The van der Waals surface area contributed by atoms with Crippen LogP contribution < -0.4 is 4.74 Å². The zero-order chi connectivity index (χ0) is 25.1. The van der Waals surface area contributed by atoms with Crippen LogP contribution in [0.5, 0.6) is 5.75 Å². The standard InChI is InChI=1S/C33H33NO3/c35-31-20-19-30-29(31)17-10-18-32(30)37-24-28-23-34(21-22-36-28)33(25-11-4-1-5-12-25,26-13-6-2-7-14-26)27-15-8-3-9-16-27/h1-18,28,31,35H,19-24H2. The van der Waals surface area contributed by atoms with Crippen LogP contribution in [0, 0.1) is 0 Å². The summed E-state index contributed by atoms with van der Waals surface area (Å²) >= 11 is 0. The summed E-state index contributed by atoms with van der Waals surface area (Å²) in [6, 6.07) is 38.4. The van der Waals surface area contributed by atoms with Gasteiger partial charge < -0.3 is 14.6 Å². The molecule has 0 amide bonds. The number of benzene rings is 4. The van der Waals surface area contributed by atoms with Crippen molar-refractivity contribution in [2.45, 2.75) is 30.6 Å². The molecule has 0 saturated carbocycles.